The molecule has 8 nitrogen and oxygen atoms in total. The summed E-state index contributed by atoms with van der Waals surface area (Å²) in [5.41, 5.74) is 1.33. The van der Waals surface area contributed by atoms with Gasteiger partial charge in [-0.3, -0.25) is 9.59 Å². The molecule has 0 aliphatic carbocycles. The minimum absolute atomic E-state index is 0.0510. The lowest BCUT2D eigenvalue weighted by Gasteiger charge is -2.10. The molecule has 0 spiro atoms. The number of carbonyl (C=O) groups excluding carboxylic acids is 3. The highest BCUT2D eigenvalue weighted by Crippen LogP contribution is 2.23. The van der Waals surface area contributed by atoms with Gasteiger partial charge in [0.05, 0.1) is 6.54 Å². The monoisotopic (exact) mass is 336 g/mol. The molecule has 120 valence electrons. The fourth-order valence-corrected chi connectivity index (χ4v) is 2.55. The van der Waals surface area contributed by atoms with Gasteiger partial charge in [-0.25, -0.2) is 14.7 Å². The van der Waals surface area contributed by atoms with Crippen molar-refractivity contribution in [3.63, 3.8) is 0 Å². The molecule has 1 fully saturated rings. The summed E-state index contributed by atoms with van der Waals surface area (Å²) in [5, 5.41) is 0.345. The summed E-state index contributed by atoms with van der Waals surface area (Å²) >= 11 is 1.07. The first-order valence-electron chi connectivity index (χ1n) is 6.74. The molecule has 2 heterocycles. The van der Waals surface area contributed by atoms with E-state index < -0.39 is 24.6 Å². The van der Waals surface area contributed by atoms with Crippen molar-refractivity contribution in [2.24, 2.45) is 0 Å². The van der Waals surface area contributed by atoms with Gasteiger partial charge in [0.2, 0.25) is 0 Å². The number of rotatable bonds is 5. The molecule has 0 radical (unpaired) electrons. The van der Waals surface area contributed by atoms with E-state index in [1.807, 2.05) is 12.1 Å². The van der Waals surface area contributed by atoms with Crippen LogP contribution in [-0.2, 0) is 19.1 Å². The van der Waals surface area contributed by atoms with Gasteiger partial charge in [-0.1, -0.05) is 23.9 Å². The smallest absolute Gasteiger partial charge is 0.416 e. The number of cyclic esters (lactones) is 1. The highest BCUT2D eigenvalue weighted by Gasteiger charge is 2.28. The van der Waals surface area contributed by atoms with E-state index in [1.165, 1.54) is 0 Å². The zero-order valence-corrected chi connectivity index (χ0v) is 12.7. The summed E-state index contributed by atoms with van der Waals surface area (Å²) in [6.07, 6.45) is -0.716. The lowest BCUT2D eigenvalue weighted by atomic mass is 10.3. The molecule has 1 aromatic heterocycles. The highest BCUT2D eigenvalue weighted by molar-refractivity contribution is 7.99. The molecule has 2 aromatic rings. The molecule has 2 amide bonds. The molecular weight excluding hydrogens is 324 g/mol. The fourth-order valence-electron chi connectivity index (χ4n) is 1.92. The van der Waals surface area contributed by atoms with Crippen LogP contribution in [0.1, 0.15) is 0 Å². The van der Waals surface area contributed by atoms with Crippen molar-refractivity contribution in [2.75, 3.05) is 25.5 Å². The quantitative estimate of drug-likeness (QED) is 0.597. The number of para-hydroxylation sites is 2. The first-order valence-corrected chi connectivity index (χ1v) is 7.73. The van der Waals surface area contributed by atoms with Crippen molar-refractivity contribution in [3.8, 4) is 0 Å². The Kier molecular flexibility index (Phi) is 4.47. The lowest BCUT2D eigenvalue weighted by Crippen LogP contribution is -2.35. The van der Waals surface area contributed by atoms with Gasteiger partial charge in [0.1, 0.15) is 17.9 Å². The van der Waals surface area contributed by atoms with Crippen molar-refractivity contribution in [1.29, 1.82) is 0 Å². The number of amides is 2. The van der Waals surface area contributed by atoms with Crippen LogP contribution in [0.5, 0.6) is 0 Å². The molecule has 23 heavy (non-hydrogen) atoms. The van der Waals surface area contributed by atoms with Crippen LogP contribution in [0.4, 0.5) is 4.79 Å². The zero-order chi connectivity index (χ0) is 16.2. The van der Waals surface area contributed by atoms with Gasteiger partial charge in [-0.15, -0.1) is 0 Å². The van der Waals surface area contributed by atoms with Crippen LogP contribution in [0.15, 0.2) is 33.9 Å². The van der Waals surface area contributed by atoms with Crippen molar-refractivity contribution >= 4 is 40.8 Å². The Morgan fingerprint density at radius 1 is 1.35 bits per heavy atom. The van der Waals surface area contributed by atoms with Crippen molar-refractivity contribution in [3.05, 3.63) is 24.3 Å². The number of hydrogen-bond donors (Lipinski definition) is 0. The van der Waals surface area contributed by atoms with Gasteiger partial charge < -0.3 is 13.9 Å². The molecule has 1 aromatic carbocycles. The number of oxazole rings is 1. The summed E-state index contributed by atoms with van der Waals surface area (Å²) < 4.78 is 14.9. The summed E-state index contributed by atoms with van der Waals surface area (Å²) in [5.74, 6) is -1.25. The molecule has 9 heteroatoms. The van der Waals surface area contributed by atoms with Crippen LogP contribution in [-0.4, -0.2) is 53.4 Å². The van der Waals surface area contributed by atoms with Gasteiger partial charge in [0, 0.05) is 0 Å². The molecule has 3 rings (SSSR count). The van der Waals surface area contributed by atoms with E-state index in [2.05, 4.69) is 9.72 Å². The molecular formula is C14H12N2O6S. The normalized spacial score (nSPS) is 14.1. The first kappa shape index (κ1) is 15.3. The Hall–Kier alpha value is -2.55. The van der Waals surface area contributed by atoms with Gasteiger partial charge in [-0.2, -0.15) is 0 Å². The van der Waals surface area contributed by atoms with E-state index in [1.54, 1.807) is 12.1 Å². The third-order valence-electron chi connectivity index (χ3n) is 3.01. The van der Waals surface area contributed by atoms with E-state index >= 15 is 0 Å². The van der Waals surface area contributed by atoms with E-state index in [0.29, 0.717) is 16.3 Å². The van der Waals surface area contributed by atoms with Crippen molar-refractivity contribution in [1.82, 2.24) is 9.88 Å². The van der Waals surface area contributed by atoms with E-state index in [9.17, 15) is 14.4 Å². The molecule has 1 aliphatic heterocycles. The Balaban J connectivity index is 1.46. The van der Waals surface area contributed by atoms with Crippen LogP contribution in [0.25, 0.3) is 11.1 Å². The van der Waals surface area contributed by atoms with Crippen LogP contribution in [0, 0.1) is 0 Å². The summed E-state index contributed by atoms with van der Waals surface area (Å²) in [6, 6.07) is 7.24. The molecule has 0 N–H and O–H groups in total. The van der Waals surface area contributed by atoms with Gasteiger partial charge in [-0.05, 0) is 12.1 Å². The maximum Gasteiger partial charge on any atom is 0.416 e. The Morgan fingerprint density at radius 2 is 2.17 bits per heavy atom. The largest absolute Gasteiger partial charge is 0.455 e. The zero-order valence-electron chi connectivity index (χ0n) is 11.9. The number of esters is 1. The molecule has 0 saturated carbocycles. The average Bonchev–Trinajstić information content (AvgIpc) is 3.16. The fraction of sp³-hybridized carbons (Fsp3) is 0.286. The molecule has 0 unspecified atom stereocenters. The summed E-state index contributed by atoms with van der Waals surface area (Å²) in [7, 11) is 0. The van der Waals surface area contributed by atoms with E-state index in [4.69, 9.17) is 9.15 Å². The first-order chi connectivity index (χ1) is 11.1. The maximum atomic E-state index is 11.7. The number of imide groups is 1. The Labute approximate surface area is 134 Å². The third kappa shape index (κ3) is 3.62. The topological polar surface area (TPSA) is 98.9 Å². The summed E-state index contributed by atoms with van der Waals surface area (Å²) in [6.45, 7) is -0.166. The minimum atomic E-state index is -0.716. The number of fused-ring (bicyclic) bond motifs is 1. The van der Waals surface area contributed by atoms with E-state index in [0.717, 1.165) is 16.7 Å². The molecule has 0 atom stereocenters. The SMILES string of the molecule is O=C(CSc1nc2ccccc2o1)OCC(=O)N1CCOC1=O. The molecule has 1 saturated heterocycles. The predicted molar refractivity (Wildman–Crippen MR) is 78.8 cm³/mol. The molecule has 1 aliphatic rings. The van der Waals surface area contributed by atoms with Gasteiger partial charge >= 0.3 is 12.1 Å². The number of benzene rings is 1. The number of thioether (sulfide) groups is 1. The molecule has 0 bridgehead atoms. The van der Waals surface area contributed by atoms with Gasteiger partial charge in [0.25, 0.3) is 11.1 Å². The number of aromatic nitrogens is 1. The van der Waals surface area contributed by atoms with Crippen LogP contribution < -0.4 is 0 Å². The predicted octanol–water partition coefficient (Wildman–Crippen LogP) is 1.44. The van der Waals surface area contributed by atoms with E-state index in [-0.39, 0.29) is 18.9 Å². The highest BCUT2D eigenvalue weighted by atomic mass is 32.2. The standard InChI is InChI=1S/C14H12N2O6S/c17-11(16-5-6-20-14(16)19)7-21-12(18)8-23-13-15-9-3-1-2-4-10(9)22-13/h1-4H,5-8H2. The Bertz CT molecular complexity index is 726. The Morgan fingerprint density at radius 3 is 2.91 bits per heavy atom. The second-order valence-corrected chi connectivity index (χ2v) is 5.48. The maximum absolute atomic E-state index is 11.7. The summed E-state index contributed by atoms with van der Waals surface area (Å²) in [4.78, 5) is 39.6. The average molecular weight is 336 g/mol. The van der Waals surface area contributed by atoms with Crippen molar-refractivity contribution in [2.45, 2.75) is 5.22 Å². The second kappa shape index (κ2) is 6.69. The second-order valence-electron chi connectivity index (χ2n) is 4.56. The van der Waals surface area contributed by atoms with Crippen molar-refractivity contribution < 1.29 is 28.3 Å². The van der Waals surface area contributed by atoms with Gasteiger partial charge in [0.15, 0.2) is 12.2 Å². The van der Waals surface area contributed by atoms with Crippen LogP contribution in [0.3, 0.4) is 0 Å². The minimum Gasteiger partial charge on any atom is -0.455 e. The number of ether oxygens (including phenoxy) is 2. The third-order valence-corrected chi connectivity index (χ3v) is 3.81. The number of carbonyl (C=O) groups is 3. The number of hydrogen-bond acceptors (Lipinski definition) is 8. The lowest BCUT2D eigenvalue weighted by molar-refractivity contribution is -0.148. The van der Waals surface area contributed by atoms with Crippen LogP contribution in [0.2, 0.25) is 0 Å². The number of nitrogens with zero attached hydrogens (tertiary/aromatic N) is 2. The van der Waals surface area contributed by atoms with Crippen LogP contribution >= 0.6 is 11.8 Å².